The van der Waals surface area contributed by atoms with Crippen molar-refractivity contribution in [1.82, 2.24) is 14.1 Å². The number of aromatic nitrogens is 2. The summed E-state index contributed by atoms with van der Waals surface area (Å²) in [5.74, 6) is 1.86. The zero-order chi connectivity index (χ0) is 22.0. The average Bonchev–Trinajstić information content (AvgIpc) is 3.22. The van der Waals surface area contributed by atoms with Crippen molar-refractivity contribution in [1.29, 1.82) is 0 Å². The van der Waals surface area contributed by atoms with Crippen molar-refractivity contribution in [3.8, 4) is 22.8 Å². The van der Waals surface area contributed by atoms with Crippen molar-refractivity contribution in [3.63, 3.8) is 0 Å². The highest BCUT2D eigenvalue weighted by Crippen LogP contribution is 2.38. The van der Waals surface area contributed by atoms with Gasteiger partial charge in [-0.1, -0.05) is 11.6 Å². The van der Waals surface area contributed by atoms with Crippen LogP contribution in [0.2, 0.25) is 5.02 Å². The first-order valence-electron chi connectivity index (χ1n) is 10.3. The summed E-state index contributed by atoms with van der Waals surface area (Å²) < 4.78 is 27.8. The second kappa shape index (κ2) is 9.56. The van der Waals surface area contributed by atoms with Crippen molar-refractivity contribution in [2.45, 2.75) is 25.8 Å². The van der Waals surface area contributed by atoms with Gasteiger partial charge in [-0.05, 0) is 31.9 Å². The fraction of sp³-hybridized carbons (Fsp3) is 0.409. The lowest BCUT2D eigenvalue weighted by atomic mass is 10.1. The molecule has 1 atom stereocenters. The number of fused-ring (bicyclic) bond motifs is 1. The summed E-state index contributed by atoms with van der Waals surface area (Å²) in [6, 6.07) is 8.11. The van der Waals surface area contributed by atoms with Crippen LogP contribution in [-0.2, 0) is 11.4 Å². The van der Waals surface area contributed by atoms with Crippen LogP contribution in [0.1, 0.15) is 19.8 Å². The van der Waals surface area contributed by atoms with E-state index in [-0.39, 0.29) is 0 Å². The molecule has 3 aromatic rings. The van der Waals surface area contributed by atoms with Gasteiger partial charge in [0.15, 0.2) is 0 Å². The van der Waals surface area contributed by atoms with Crippen LogP contribution in [0, 0.1) is 0 Å². The number of benzene rings is 1. The van der Waals surface area contributed by atoms with E-state index in [9.17, 15) is 4.55 Å². The van der Waals surface area contributed by atoms with Crippen LogP contribution in [-0.4, -0.2) is 53.0 Å². The predicted molar refractivity (Wildman–Crippen MR) is 126 cm³/mol. The number of nitrogens with one attached hydrogen (secondary N) is 1. The summed E-state index contributed by atoms with van der Waals surface area (Å²) >= 11 is 5.41. The molecule has 1 aliphatic heterocycles. The Hall–Kier alpha value is -2.13. The molecule has 1 fully saturated rings. The van der Waals surface area contributed by atoms with Crippen LogP contribution in [0.15, 0.2) is 36.7 Å². The lowest BCUT2D eigenvalue weighted by Gasteiger charge is -2.33. The molecule has 1 unspecified atom stereocenters. The van der Waals surface area contributed by atoms with Gasteiger partial charge in [0.2, 0.25) is 0 Å². The number of ether oxygens (including phenoxy) is 2. The predicted octanol–water partition coefficient (Wildman–Crippen LogP) is 3.91. The molecule has 0 aliphatic carbocycles. The number of piperidine rings is 1. The van der Waals surface area contributed by atoms with E-state index in [1.165, 1.54) is 0 Å². The summed E-state index contributed by atoms with van der Waals surface area (Å²) in [5.41, 5.74) is 3.59. The van der Waals surface area contributed by atoms with Gasteiger partial charge >= 0.3 is 0 Å². The number of halogens is 1. The third-order valence-corrected chi connectivity index (χ3v) is 7.03. The summed E-state index contributed by atoms with van der Waals surface area (Å²) in [6.07, 6.45) is 5.93. The molecule has 31 heavy (non-hydrogen) atoms. The van der Waals surface area contributed by atoms with Crippen LogP contribution >= 0.6 is 11.6 Å². The lowest BCUT2D eigenvalue weighted by molar-refractivity contribution is 0.395. The Bertz CT molecular complexity index is 1050. The molecule has 1 saturated heterocycles. The van der Waals surface area contributed by atoms with E-state index in [4.69, 9.17) is 26.1 Å². The molecule has 0 bridgehead atoms. The van der Waals surface area contributed by atoms with Gasteiger partial charge in [-0.3, -0.25) is 0 Å². The molecule has 4 rings (SSSR count). The largest absolute Gasteiger partial charge is 0.598 e. The minimum Gasteiger partial charge on any atom is -0.598 e. The van der Waals surface area contributed by atoms with Crippen molar-refractivity contribution < 1.29 is 14.0 Å². The maximum absolute atomic E-state index is 11.8. The third-order valence-electron chi connectivity index (χ3n) is 5.61. The summed E-state index contributed by atoms with van der Waals surface area (Å²) in [7, 11) is 3.20. The van der Waals surface area contributed by atoms with Crippen molar-refractivity contribution >= 4 is 34.3 Å². The smallest absolute Gasteiger partial charge is 0.141 e. The Morgan fingerprint density at radius 2 is 1.94 bits per heavy atom. The minimum atomic E-state index is -0.931. The number of anilines is 1. The van der Waals surface area contributed by atoms with Gasteiger partial charge in [0.1, 0.15) is 22.9 Å². The maximum atomic E-state index is 11.8. The van der Waals surface area contributed by atoms with Gasteiger partial charge in [-0.15, -0.1) is 4.72 Å². The molecule has 0 radical (unpaired) electrons. The van der Waals surface area contributed by atoms with Crippen LogP contribution < -0.4 is 19.1 Å². The van der Waals surface area contributed by atoms with Crippen molar-refractivity contribution in [2.24, 2.45) is 0 Å². The molecule has 7 nitrogen and oxygen atoms in total. The Labute approximate surface area is 190 Å². The second-order valence-electron chi connectivity index (χ2n) is 7.48. The van der Waals surface area contributed by atoms with E-state index in [0.717, 1.165) is 48.5 Å². The van der Waals surface area contributed by atoms with Crippen LogP contribution in [0.4, 0.5) is 5.69 Å². The van der Waals surface area contributed by atoms with Gasteiger partial charge in [0.05, 0.1) is 31.0 Å². The van der Waals surface area contributed by atoms with E-state index in [2.05, 4.69) is 21.8 Å². The molecule has 3 heterocycles. The first-order chi connectivity index (χ1) is 15.0. The summed E-state index contributed by atoms with van der Waals surface area (Å²) in [4.78, 5) is 7.17. The topological polar surface area (TPSA) is 74.1 Å². The molecule has 0 amide bonds. The fourth-order valence-electron chi connectivity index (χ4n) is 3.88. The molecule has 1 aromatic carbocycles. The number of hydrogen-bond acceptors (Lipinski definition) is 6. The number of pyridine rings is 1. The van der Waals surface area contributed by atoms with Gasteiger partial charge in [0, 0.05) is 60.2 Å². The number of imidazole rings is 1. The highest BCUT2D eigenvalue weighted by molar-refractivity contribution is 7.89. The van der Waals surface area contributed by atoms with Crippen LogP contribution in [0.25, 0.3) is 16.9 Å². The zero-order valence-electron chi connectivity index (χ0n) is 17.9. The quantitative estimate of drug-likeness (QED) is 0.536. The Balaban J connectivity index is 1.55. The first-order valence-corrected chi connectivity index (χ1v) is 12.0. The Morgan fingerprint density at radius 1 is 1.19 bits per heavy atom. The highest BCUT2D eigenvalue weighted by Gasteiger charge is 2.23. The molecular weight excluding hydrogens is 436 g/mol. The van der Waals surface area contributed by atoms with Gasteiger partial charge in [-0.25, -0.2) is 4.98 Å². The number of rotatable bonds is 7. The standard InChI is InChI=1S/C22H27ClN4O3S/c1-4-31(28)25-15-5-8-26(9-6-15)16-7-10-27-14-19(24-22(27)11-16)17-12-18(23)21(30-3)13-20(17)29-2/h7,10-15,25H,4-6,8-9H2,1-3H3. The Kier molecular flexibility index (Phi) is 6.81. The summed E-state index contributed by atoms with van der Waals surface area (Å²) in [5, 5.41) is 0.511. The highest BCUT2D eigenvalue weighted by atomic mass is 35.5. The van der Waals surface area contributed by atoms with E-state index in [0.29, 0.717) is 28.3 Å². The number of nitrogens with zero attached hydrogens (tertiary/aromatic N) is 3. The Morgan fingerprint density at radius 3 is 2.61 bits per heavy atom. The van der Waals surface area contributed by atoms with E-state index < -0.39 is 11.4 Å². The van der Waals surface area contributed by atoms with Crippen molar-refractivity contribution in [3.05, 3.63) is 41.7 Å². The molecule has 166 valence electrons. The molecule has 2 aromatic heterocycles. The second-order valence-corrected chi connectivity index (χ2v) is 9.39. The molecule has 1 aliphatic rings. The molecule has 9 heteroatoms. The van der Waals surface area contributed by atoms with E-state index in [1.807, 2.05) is 29.8 Å². The van der Waals surface area contributed by atoms with Crippen molar-refractivity contribution in [2.75, 3.05) is 38.0 Å². The van der Waals surface area contributed by atoms with Crippen LogP contribution in [0.3, 0.4) is 0 Å². The fourth-order valence-corrected chi connectivity index (χ4v) is 4.90. The summed E-state index contributed by atoms with van der Waals surface area (Å²) in [6.45, 7) is 3.77. The van der Waals surface area contributed by atoms with Gasteiger partial charge in [0.25, 0.3) is 0 Å². The number of hydrogen-bond donors (Lipinski definition) is 1. The maximum Gasteiger partial charge on any atom is 0.141 e. The van der Waals surface area contributed by atoms with Gasteiger partial charge in [-0.2, -0.15) is 0 Å². The van der Waals surface area contributed by atoms with Gasteiger partial charge < -0.3 is 23.3 Å². The molecule has 0 spiro atoms. The average molecular weight is 463 g/mol. The normalized spacial score (nSPS) is 16.0. The van der Waals surface area contributed by atoms with E-state index in [1.54, 1.807) is 20.3 Å². The monoisotopic (exact) mass is 462 g/mol. The molecule has 1 N–H and O–H groups in total. The number of methoxy groups -OCH3 is 2. The lowest BCUT2D eigenvalue weighted by Crippen LogP contribution is -2.45. The molecular formula is C22H27ClN4O3S. The molecule has 0 saturated carbocycles. The third kappa shape index (κ3) is 4.72. The minimum absolute atomic E-state index is 0.311. The SMILES string of the molecule is CC[S+]([O-])NC1CCN(c2ccn3cc(-c4cc(Cl)c(OC)cc4OC)nc3c2)CC1. The zero-order valence-corrected chi connectivity index (χ0v) is 19.5. The first kappa shape index (κ1) is 22.1. The van der Waals surface area contributed by atoms with E-state index >= 15 is 0 Å². The van der Waals surface area contributed by atoms with Crippen LogP contribution in [0.5, 0.6) is 11.5 Å².